The fourth-order valence-electron chi connectivity index (χ4n) is 6.00. The molecule has 0 saturated heterocycles. The molecule has 0 aromatic carbocycles. The normalized spacial score (nSPS) is 31.0. The number of esters is 2. The molecular weight excluding hydrogens is 446 g/mol. The third-order valence-electron chi connectivity index (χ3n) is 7.51. The number of alkyl halides is 2. The van der Waals surface area contributed by atoms with E-state index in [9.17, 15) is 18.4 Å². The van der Waals surface area contributed by atoms with E-state index in [1.165, 1.54) is 32.1 Å². The van der Waals surface area contributed by atoms with Gasteiger partial charge in [-0.3, -0.25) is 4.79 Å². The van der Waals surface area contributed by atoms with Crippen molar-refractivity contribution in [3.05, 3.63) is 0 Å². The highest BCUT2D eigenvalue weighted by atomic mass is 32.2. The maximum Gasteiger partial charge on any atom is 0.415 e. The van der Waals surface area contributed by atoms with E-state index in [0.29, 0.717) is 24.7 Å². The standard InChI is InChI=1S/C22H34F2O7S/c1-21(17-11-15-10-16(13-17)14-18(21)12-15)29-19(25)8-6-4-2-3-5-7-9-28-20(26)22(23,24)32-31-30-27/h15-18,27H,2-14H2,1H3. The summed E-state index contributed by atoms with van der Waals surface area (Å²) in [6, 6.07) is 0. The van der Waals surface area contributed by atoms with E-state index in [1.807, 2.05) is 0 Å². The second-order valence-corrected chi connectivity index (χ2v) is 10.5. The summed E-state index contributed by atoms with van der Waals surface area (Å²) in [5.41, 5.74) is -0.269. The summed E-state index contributed by atoms with van der Waals surface area (Å²) in [5, 5.41) is 6.94. The van der Waals surface area contributed by atoms with E-state index < -0.39 is 23.3 Å². The number of hydrogen-bond acceptors (Lipinski definition) is 8. The van der Waals surface area contributed by atoms with Gasteiger partial charge in [0.05, 0.1) is 6.61 Å². The number of rotatable bonds is 14. The van der Waals surface area contributed by atoms with Crippen LogP contribution in [0, 0.1) is 23.7 Å². The van der Waals surface area contributed by atoms with Crippen molar-refractivity contribution in [3.63, 3.8) is 0 Å². The largest absolute Gasteiger partial charge is 0.460 e. The van der Waals surface area contributed by atoms with Gasteiger partial charge in [0.1, 0.15) is 17.6 Å². The molecule has 10 heteroatoms. The molecule has 0 aliphatic heterocycles. The van der Waals surface area contributed by atoms with Crippen molar-refractivity contribution in [3.8, 4) is 0 Å². The van der Waals surface area contributed by atoms with E-state index in [2.05, 4.69) is 21.0 Å². The summed E-state index contributed by atoms with van der Waals surface area (Å²) < 4.78 is 40.5. The molecule has 0 atom stereocenters. The number of halogens is 2. The van der Waals surface area contributed by atoms with Crippen LogP contribution in [0.4, 0.5) is 8.78 Å². The van der Waals surface area contributed by atoms with Crippen LogP contribution < -0.4 is 0 Å². The summed E-state index contributed by atoms with van der Waals surface area (Å²) in [4.78, 5) is 23.7. The molecule has 4 aliphatic carbocycles. The first-order chi connectivity index (χ1) is 15.2. The number of unbranched alkanes of at least 4 members (excludes halogenated alkanes) is 5. The van der Waals surface area contributed by atoms with Crippen LogP contribution in [0.2, 0.25) is 0 Å². The van der Waals surface area contributed by atoms with Crippen LogP contribution in [-0.4, -0.2) is 34.7 Å². The molecule has 0 aromatic heterocycles. The number of carbonyl (C=O) groups excluding carboxylic acids is 2. The van der Waals surface area contributed by atoms with E-state index >= 15 is 0 Å². The number of carbonyl (C=O) groups is 2. The Morgan fingerprint density at radius 2 is 1.53 bits per heavy atom. The van der Waals surface area contributed by atoms with Crippen LogP contribution in [0.3, 0.4) is 0 Å². The van der Waals surface area contributed by atoms with E-state index in [-0.39, 0.29) is 18.2 Å². The van der Waals surface area contributed by atoms with Gasteiger partial charge in [-0.15, -0.1) is 4.33 Å². The Morgan fingerprint density at radius 3 is 2.12 bits per heavy atom. The summed E-state index contributed by atoms with van der Waals surface area (Å²) in [5.74, 6) is 0.931. The van der Waals surface area contributed by atoms with E-state index in [1.54, 1.807) is 0 Å². The molecule has 0 heterocycles. The van der Waals surface area contributed by atoms with Crippen LogP contribution in [-0.2, 0) is 28.4 Å². The monoisotopic (exact) mass is 480 g/mol. The Balaban J connectivity index is 1.20. The van der Waals surface area contributed by atoms with Gasteiger partial charge in [-0.25, -0.2) is 10.1 Å². The Hall–Kier alpha value is -0.970. The maximum atomic E-state index is 13.2. The van der Waals surface area contributed by atoms with Crippen LogP contribution in [0.15, 0.2) is 0 Å². The van der Waals surface area contributed by atoms with E-state index in [4.69, 9.17) is 9.99 Å². The first-order valence-corrected chi connectivity index (χ1v) is 12.4. The lowest BCUT2D eigenvalue weighted by atomic mass is 9.50. The Labute approximate surface area is 191 Å². The Morgan fingerprint density at radius 1 is 0.969 bits per heavy atom. The third kappa shape index (κ3) is 6.55. The summed E-state index contributed by atoms with van der Waals surface area (Å²) >= 11 is -0.634. The SMILES string of the molecule is CC1(OC(=O)CCCCCCCCOC(=O)C(F)(F)SOOO)C2CC3CC(C2)CC1C3. The zero-order valence-electron chi connectivity index (χ0n) is 18.6. The van der Waals surface area contributed by atoms with Gasteiger partial charge in [-0.2, -0.15) is 8.78 Å². The molecule has 4 bridgehead atoms. The highest BCUT2D eigenvalue weighted by Gasteiger charge is 2.56. The topological polar surface area (TPSA) is 91.3 Å². The lowest BCUT2D eigenvalue weighted by molar-refractivity contribution is -0.433. The lowest BCUT2D eigenvalue weighted by Gasteiger charge is -2.59. The minimum Gasteiger partial charge on any atom is -0.460 e. The molecule has 4 aliphatic rings. The van der Waals surface area contributed by atoms with Gasteiger partial charge in [-0.05, 0) is 75.5 Å². The molecule has 7 nitrogen and oxygen atoms in total. The molecule has 32 heavy (non-hydrogen) atoms. The van der Waals surface area contributed by atoms with Crippen molar-refractivity contribution in [1.29, 1.82) is 0 Å². The van der Waals surface area contributed by atoms with Crippen molar-refractivity contribution in [1.82, 2.24) is 0 Å². The zero-order valence-corrected chi connectivity index (χ0v) is 19.4. The fourth-order valence-corrected chi connectivity index (χ4v) is 6.25. The second-order valence-electron chi connectivity index (χ2n) is 9.71. The summed E-state index contributed by atoms with van der Waals surface area (Å²) in [6.07, 6.45) is 11.3. The van der Waals surface area contributed by atoms with Gasteiger partial charge in [0.15, 0.2) is 0 Å². The molecular formula is C22H34F2O7S. The predicted octanol–water partition coefficient (Wildman–Crippen LogP) is 5.68. The molecule has 4 saturated carbocycles. The van der Waals surface area contributed by atoms with Crippen LogP contribution in [0.25, 0.3) is 0 Å². The third-order valence-corrected chi connectivity index (χ3v) is 8.01. The minimum absolute atomic E-state index is 0.0822. The quantitative estimate of drug-likeness (QED) is 0.112. The van der Waals surface area contributed by atoms with Crippen molar-refractivity contribution in [2.45, 2.75) is 94.8 Å². The van der Waals surface area contributed by atoms with Crippen molar-refractivity contribution in [2.75, 3.05) is 6.61 Å². The molecule has 0 unspecified atom stereocenters. The van der Waals surface area contributed by atoms with E-state index in [0.717, 1.165) is 43.9 Å². The fraction of sp³-hybridized carbons (Fsp3) is 0.909. The molecule has 0 amide bonds. The maximum absolute atomic E-state index is 13.2. The number of ether oxygens (including phenoxy) is 2. The van der Waals surface area contributed by atoms with Crippen molar-refractivity contribution >= 4 is 24.0 Å². The highest BCUT2D eigenvalue weighted by molar-refractivity contribution is 7.96. The first-order valence-electron chi connectivity index (χ1n) is 11.7. The number of hydrogen-bond donors (Lipinski definition) is 1. The molecule has 0 radical (unpaired) electrons. The van der Waals surface area contributed by atoms with Crippen LogP contribution in [0.5, 0.6) is 0 Å². The predicted molar refractivity (Wildman–Crippen MR) is 112 cm³/mol. The van der Waals surface area contributed by atoms with Crippen LogP contribution >= 0.6 is 12.0 Å². The van der Waals surface area contributed by atoms with Gasteiger partial charge in [-0.1, -0.05) is 30.7 Å². The van der Waals surface area contributed by atoms with Gasteiger partial charge >= 0.3 is 17.2 Å². The van der Waals surface area contributed by atoms with Gasteiger partial charge < -0.3 is 9.47 Å². The smallest absolute Gasteiger partial charge is 0.415 e. The molecule has 0 spiro atoms. The molecule has 4 fully saturated rings. The average Bonchev–Trinajstić information content (AvgIpc) is 2.74. The zero-order chi connectivity index (χ0) is 23.2. The molecule has 0 aromatic rings. The Kier molecular flexibility index (Phi) is 9.17. The lowest BCUT2D eigenvalue weighted by Crippen LogP contribution is -2.57. The second kappa shape index (κ2) is 11.4. The summed E-state index contributed by atoms with van der Waals surface area (Å²) in [7, 11) is 0. The van der Waals surface area contributed by atoms with Gasteiger partial charge in [0.2, 0.25) is 0 Å². The van der Waals surface area contributed by atoms with Crippen molar-refractivity contribution in [2.24, 2.45) is 23.7 Å². The molecule has 184 valence electrons. The van der Waals surface area contributed by atoms with Crippen molar-refractivity contribution < 1.29 is 42.5 Å². The molecule has 1 N–H and O–H groups in total. The average molecular weight is 481 g/mol. The Bertz CT molecular complexity index is 618. The van der Waals surface area contributed by atoms with Crippen LogP contribution in [0.1, 0.15) is 84.0 Å². The van der Waals surface area contributed by atoms with Gasteiger partial charge in [0.25, 0.3) is 0 Å². The summed E-state index contributed by atoms with van der Waals surface area (Å²) in [6.45, 7) is 2.04. The highest BCUT2D eigenvalue weighted by Crippen LogP contribution is 2.59. The first kappa shape index (κ1) is 25.6. The minimum atomic E-state index is -3.95. The molecule has 4 rings (SSSR count). The van der Waals surface area contributed by atoms with Gasteiger partial charge in [0, 0.05) is 6.42 Å².